The monoisotopic (exact) mass is 311 g/mol. The van der Waals surface area contributed by atoms with Gasteiger partial charge in [0.2, 0.25) is 0 Å². The average molecular weight is 312 g/mol. The summed E-state index contributed by atoms with van der Waals surface area (Å²) in [5.74, 6) is 0. The van der Waals surface area contributed by atoms with E-state index in [9.17, 15) is 8.42 Å². The maximum absolute atomic E-state index is 11.5. The van der Waals surface area contributed by atoms with Crippen LogP contribution in [0.4, 0.5) is 0 Å². The van der Waals surface area contributed by atoms with E-state index in [0.29, 0.717) is 0 Å². The molecule has 1 rings (SSSR count). The molecule has 1 heterocycles. The Balaban J connectivity index is 2.99. The quantitative estimate of drug-likeness (QED) is 0.927. The number of halogens is 1. The highest BCUT2D eigenvalue weighted by Crippen LogP contribution is 2.30. The lowest BCUT2D eigenvalue weighted by atomic mass is 10.2. The largest absolute Gasteiger partial charge is 0.311 e. The maximum atomic E-state index is 11.5. The minimum Gasteiger partial charge on any atom is -0.311 e. The zero-order chi connectivity index (χ0) is 11.6. The normalized spacial score (nSPS) is 16.3. The van der Waals surface area contributed by atoms with Crippen molar-refractivity contribution < 1.29 is 8.42 Å². The van der Waals surface area contributed by atoms with Crippen LogP contribution < -0.4 is 5.32 Å². The van der Waals surface area contributed by atoms with Gasteiger partial charge in [0, 0.05) is 11.1 Å². The van der Waals surface area contributed by atoms with E-state index in [1.165, 1.54) is 6.26 Å². The summed E-state index contributed by atoms with van der Waals surface area (Å²) in [7, 11) is -1.25. The zero-order valence-corrected chi connectivity index (χ0v) is 12.0. The van der Waals surface area contributed by atoms with Crippen LogP contribution in [0.15, 0.2) is 15.9 Å². The van der Waals surface area contributed by atoms with E-state index >= 15 is 0 Å². The number of sulfone groups is 1. The summed E-state index contributed by atoms with van der Waals surface area (Å²) >= 11 is 4.93. The van der Waals surface area contributed by atoms with Gasteiger partial charge in [-0.05, 0) is 42.0 Å². The molecule has 0 saturated carbocycles. The first-order valence-electron chi connectivity index (χ1n) is 4.47. The summed E-state index contributed by atoms with van der Waals surface area (Å²) in [6, 6.07) is 3.73. The van der Waals surface area contributed by atoms with Gasteiger partial charge in [-0.2, -0.15) is 0 Å². The zero-order valence-electron chi connectivity index (χ0n) is 8.82. The van der Waals surface area contributed by atoms with Crippen LogP contribution in [0.2, 0.25) is 0 Å². The molecule has 0 saturated heterocycles. The van der Waals surface area contributed by atoms with Gasteiger partial charge in [-0.15, -0.1) is 11.3 Å². The summed E-state index contributed by atoms with van der Waals surface area (Å²) in [6.07, 6.45) is 1.27. The topological polar surface area (TPSA) is 46.2 Å². The van der Waals surface area contributed by atoms with E-state index < -0.39 is 15.1 Å². The number of nitrogens with one attached hydrogen (secondary N) is 1. The Morgan fingerprint density at radius 3 is 2.40 bits per heavy atom. The van der Waals surface area contributed by atoms with Crippen molar-refractivity contribution in [2.75, 3.05) is 13.3 Å². The highest BCUT2D eigenvalue weighted by molar-refractivity contribution is 9.11. The van der Waals surface area contributed by atoms with E-state index in [2.05, 4.69) is 21.2 Å². The minimum absolute atomic E-state index is 0.142. The third-order valence-electron chi connectivity index (χ3n) is 2.36. The second-order valence-corrected chi connectivity index (χ2v) is 8.34. The first-order valence-corrected chi connectivity index (χ1v) is 8.04. The van der Waals surface area contributed by atoms with Gasteiger partial charge in [0.25, 0.3) is 0 Å². The van der Waals surface area contributed by atoms with Crippen LogP contribution in [0.25, 0.3) is 0 Å². The Morgan fingerprint density at radius 2 is 2.07 bits per heavy atom. The van der Waals surface area contributed by atoms with Crippen molar-refractivity contribution in [3.05, 3.63) is 20.8 Å². The SMILES string of the molecule is CNC(c1ccc(Br)s1)C(C)S(C)(=O)=O. The van der Waals surface area contributed by atoms with Crippen LogP contribution in [0, 0.1) is 0 Å². The van der Waals surface area contributed by atoms with Crippen LogP contribution in [0.1, 0.15) is 17.8 Å². The Hall–Kier alpha value is 0.0900. The van der Waals surface area contributed by atoms with Crippen LogP contribution in [0.5, 0.6) is 0 Å². The van der Waals surface area contributed by atoms with Gasteiger partial charge < -0.3 is 5.32 Å². The molecule has 3 nitrogen and oxygen atoms in total. The van der Waals surface area contributed by atoms with Gasteiger partial charge in [0.1, 0.15) is 0 Å². The van der Waals surface area contributed by atoms with E-state index in [1.807, 2.05) is 12.1 Å². The molecule has 0 aliphatic carbocycles. The molecular formula is C9H14BrNO2S2. The summed E-state index contributed by atoms with van der Waals surface area (Å²) in [5.41, 5.74) is 0. The van der Waals surface area contributed by atoms with Crippen molar-refractivity contribution in [3.63, 3.8) is 0 Å². The number of hydrogen-bond donors (Lipinski definition) is 1. The lowest BCUT2D eigenvalue weighted by Gasteiger charge is -2.20. The van der Waals surface area contributed by atoms with Crippen LogP contribution in [0.3, 0.4) is 0 Å². The molecule has 0 fully saturated rings. The van der Waals surface area contributed by atoms with Gasteiger partial charge in [-0.25, -0.2) is 8.42 Å². The first kappa shape index (κ1) is 13.2. The molecule has 6 heteroatoms. The molecule has 15 heavy (non-hydrogen) atoms. The molecule has 1 N–H and O–H groups in total. The number of thiophene rings is 1. The van der Waals surface area contributed by atoms with Crippen LogP contribution in [-0.4, -0.2) is 27.0 Å². The van der Waals surface area contributed by atoms with E-state index in [-0.39, 0.29) is 6.04 Å². The summed E-state index contributed by atoms with van der Waals surface area (Å²) in [5, 5.41) is 2.63. The third-order valence-corrected chi connectivity index (χ3v) is 5.69. The van der Waals surface area contributed by atoms with Gasteiger partial charge >= 0.3 is 0 Å². The van der Waals surface area contributed by atoms with Gasteiger partial charge in [0.15, 0.2) is 9.84 Å². The summed E-state index contributed by atoms with van der Waals surface area (Å²) in [4.78, 5) is 1.03. The molecule has 0 radical (unpaired) electrons. The van der Waals surface area contributed by atoms with Crippen molar-refractivity contribution in [1.82, 2.24) is 5.32 Å². The fourth-order valence-corrected chi connectivity index (χ4v) is 3.85. The van der Waals surface area contributed by atoms with Crippen LogP contribution in [-0.2, 0) is 9.84 Å². The molecule has 1 aromatic rings. The molecule has 0 aromatic carbocycles. The van der Waals surface area contributed by atoms with Gasteiger partial charge in [-0.3, -0.25) is 0 Å². The number of rotatable bonds is 4. The Bertz CT molecular complexity index is 427. The minimum atomic E-state index is -3.02. The predicted molar refractivity (Wildman–Crippen MR) is 68.1 cm³/mol. The smallest absolute Gasteiger partial charge is 0.151 e. The lowest BCUT2D eigenvalue weighted by molar-refractivity contribution is 0.540. The summed E-state index contributed by atoms with van der Waals surface area (Å²) in [6.45, 7) is 1.73. The fraction of sp³-hybridized carbons (Fsp3) is 0.556. The van der Waals surface area contributed by atoms with Crippen LogP contribution >= 0.6 is 27.3 Å². The molecule has 1 aromatic heterocycles. The lowest BCUT2D eigenvalue weighted by Crippen LogP contribution is -2.32. The standard InChI is InChI=1S/C9H14BrNO2S2/c1-6(15(3,12)13)9(11-2)7-4-5-8(10)14-7/h4-6,9,11H,1-3H3. The fourth-order valence-electron chi connectivity index (χ4n) is 1.35. The highest BCUT2D eigenvalue weighted by atomic mass is 79.9. The molecule has 0 amide bonds. The average Bonchev–Trinajstić information content (AvgIpc) is 2.51. The van der Waals surface area contributed by atoms with Crippen molar-refractivity contribution >= 4 is 37.1 Å². The third kappa shape index (κ3) is 3.27. The maximum Gasteiger partial charge on any atom is 0.151 e. The predicted octanol–water partition coefficient (Wildman–Crippen LogP) is 2.20. The van der Waals surface area contributed by atoms with Crippen molar-refractivity contribution in [2.24, 2.45) is 0 Å². The Morgan fingerprint density at radius 1 is 1.47 bits per heavy atom. The van der Waals surface area contributed by atoms with Crippen molar-refractivity contribution in [1.29, 1.82) is 0 Å². The second kappa shape index (κ2) is 4.95. The molecule has 0 bridgehead atoms. The van der Waals surface area contributed by atoms with E-state index in [1.54, 1.807) is 25.3 Å². The molecule has 2 unspecified atom stereocenters. The molecule has 86 valence electrons. The molecule has 0 aliphatic rings. The Labute approximate surface area is 103 Å². The Kier molecular flexibility index (Phi) is 4.34. The van der Waals surface area contributed by atoms with Crippen molar-refractivity contribution in [2.45, 2.75) is 18.2 Å². The first-order chi connectivity index (χ1) is 6.86. The molecular weight excluding hydrogens is 298 g/mol. The summed E-state index contributed by atoms with van der Waals surface area (Å²) < 4.78 is 23.9. The highest BCUT2D eigenvalue weighted by Gasteiger charge is 2.26. The van der Waals surface area contributed by atoms with Gasteiger partial charge in [0.05, 0.1) is 15.1 Å². The molecule has 0 spiro atoms. The van der Waals surface area contributed by atoms with Gasteiger partial charge in [-0.1, -0.05) is 0 Å². The van der Waals surface area contributed by atoms with E-state index in [4.69, 9.17) is 0 Å². The molecule has 2 atom stereocenters. The van der Waals surface area contributed by atoms with E-state index in [0.717, 1.165) is 8.66 Å². The second-order valence-electron chi connectivity index (χ2n) is 3.44. The molecule has 0 aliphatic heterocycles. The van der Waals surface area contributed by atoms with Crippen molar-refractivity contribution in [3.8, 4) is 0 Å². The number of hydrogen-bond acceptors (Lipinski definition) is 4.